The molecule has 0 spiro atoms. The smallest absolute Gasteiger partial charge is 0.0227 e. The van der Waals surface area contributed by atoms with Gasteiger partial charge in [-0.05, 0) is 48.4 Å². The van der Waals surface area contributed by atoms with Crippen molar-refractivity contribution >= 4 is 0 Å². The van der Waals surface area contributed by atoms with Gasteiger partial charge in [0.05, 0.1) is 0 Å². The number of nitrogens with zero attached hydrogens (tertiary/aromatic N) is 1. The van der Waals surface area contributed by atoms with E-state index in [4.69, 9.17) is 0 Å². The molecule has 114 valence electrons. The topological polar surface area (TPSA) is 3.24 Å². The van der Waals surface area contributed by atoms with E-state index in [-0.39, 0.29) is 0 Å². The highest BCUT2D eigenvalue weighted by molar-refractivity contribution is 5.27. The Balaban J connectivity index is 2.97. The lowest BCUT2D eigenvalue weighted by molar-refractivity contribution is 0.229. The van der Waals surface area contributed by atoms with Gasteiger partial charge < -0.3 is 4.90 Å². The van der Waals surface area contributed by atoms with Crippen LogP contribution in [0.25, 0.3) is 0 Å². The Bertz CT molecular complexity index is 401. The average Bonchev–Trinajstić information content (AvgIpc) is 2.24. The van der Waals surface area contributed by atoms with Gasteiger partial charge in [-0.3, -0.25) is 0 Å². The van der Waals surface area contributed by atoms with E-state index in [1.165, 1.54) is 17.5 Å². The Kier molecular flexibility index (Phi) is 5.43. The van der Waals surface area contributed by atoms with E-state index < -0.39 is 0 Å². The van der Waals surface area contributed by atoms with Crippen LogP contribution in [-0.2, 0) is 6.54 Å². The SMILES string of the molecule is CN(C)Cc1ccc(C(CC(C)(C)C)C(C)(C)C)cc1. The fraction of sp³-hybridized carbons (Fsp3) is 0.684. The zero-order valence-corrected chi connectivity index (χ0v) is 14.7. The molecule has 1 unspecified atom stereocenters. The monoisotopic (exact) mass is 275 g/mol. The highest BCUT2D eigenvalue weighted by atomic mass is 15.0. The molecule has 1 atom stereocenters. The maximum atomic E-state index is 2.36. The maximum Gasteiger partial charge on any atom is 0.0227 e. The van der Waals surface area contributed by atoms with Crippen molar-refractivity contribution in [2.45, 2.75) is 60.4 Å². The summed E-state index contributed by atoms with van der Waals surface area (Å²) in [6.07, 6.45) is 1.23. The molecule has 1 heteroatoms. The molecule has 0 radical (unpaired) electrons. The zero-order valence-electron chi connectivity index (χ0n) is 14.7. The highest BCUT2D eigenvalue weighted by Gasteiger charge is 2.30. The summed E-state index contributed by atoms with van der Waals surface area (Å²) in [6.45, 7) is 15.1. The first kappa shape index (κ1) is 17.2. The molecule has 1 rings (SSSR count). The predicted octanol–water partition coefficient (Wildman–Crippen LogP) is 5.31. The lowest BCUT2D eigenvalue weighted by Crippen LogP contribution is -2.23. The number of hydrogen-bond acceptors (Lipinski definition) is 1. The van der Waals surface area contributed by atoms with Gasteiger partial charge >= 0.3 is 0 Å². The maximum absolute atomic E-state index is 2.36. The first-order valence-electron chi connectivity index (χ1n) is 7.72. The zero-order chi connectivity index (χ0) is 15.6. The van der Waals surface area contributed by atoms with Crippen molar-refractivity contribution in [1.82, 2.24) is 4.90 Å². The molecule has 0 bridgehead atoms. The summed E-state index contributed by atoms with van der Waals surface area (Å²) in [7, 11) is 4.23. The van der Waals surface area contributed by atoms with E-state index in [2.05, 4.69) is 84.8 Å². The second-order valence-corrected chi connectivity index (χ2v) is 8.66. The average molecular weight is 275 g/mol. The van der Waals surface area contributed by atoms with Gasteiger partial charge in [-0.1, -0.05) is 65.8 Å². The van der Waals surface area contributed by atoms with Gasteiger partial charge in [0.1, 0.15) is 0 Å². The summed E-state index contributed by atoms with van der Waals surface area (Å²) in [5, 5.41) is 0. The van der Waals surface area contributed by atoms with E-state index in [9.17, 15) is 0 Å². The molecular weight excluding hydrogens is 242 g/mol. The van der Waals surface area contributed by atoms with Crippen LogP contribution in [-0.4, -0.2) is 19.0 Å². The van der Waals surface area contributed by atoms with Crippen molar-refractivity contribution in [1.29, 1.82) is 0 Å². The van der Waals surface area contributed by atoms with Gasteiger partial charge in [-0.25, -0.2) is 0 Å². The van der Waals surface area contributed by atoms with Crippen LogP contribution in [0.15, 0.2) is 24.3 Å². The number of rotatable bonds is 4. The van der Waals surface area contributed by atoms with Crippen molar-refractivity contribution in [3.8, 4) is 0 Å². The van der Waals surface area contributed by atoms with E-state index in [1.807, 2.05) is 0 Å². The Morgan fingerprint density at radius 3 is 1.75 bits per heavy atom. The lowest BCUT2D eigenvalue weighted by atomic mass is 9.69. The van der Waals surface area contributed by atoms with Gasteiger partial charge in [0.25, 0.3) is 0 Å². The molecule has 0 aliphatic carbocycles. The van der Waals surface area contributed by atoms with Crippen LogP contribution >= 0.6 is 0 Å². The normalized spacial score (nSPS) is 14.7. The standard InChI is InChI=1S/C19H33N/c1-18(2,3)13-17(19(4,5)6)16-11-9-15(10-12-16)14-20(7)8/h9-12,17H,13-14H2,1-8H3. The Morgan fingerprint density at radius 1 is 0.900 bits per heavy atom. The minimum Gasteiger partial charge on any atom is -0.305 e. The second kappa shape index (κ2) is 6.30. The molecule has 0 aromatic heterocycles. The summed E-state index contributed by atoms with van der Waals surface area (Å²) in [4.78, 5) is 2.21. The Labute approximate surface area is 126 Å². The molecule has 1 aromatic rings. The molecule has 0 aliphatic rings. The minimum atomic E-state index is 0.302. The third-order valence-corrected chi connectivity index (χ3v) is 3.74. The molecule has 0 saturated carbocycles. The Morgan fingerprint density at radius 2 is 1.40 bits per heavy atom. The fourth-order valence-corrected chi connectivity index (χ4v) is 2.76. The van der Waals surface area contributed by atoms with Gasteiger partial charge in [0, 0.05) is 6.54 Å². The van der Waals surface area contributed by atoms with Crippen molar-refractivity contribution < 1.29 is 0 Å². The van der Waals surface area contributed by atoms with Crippen molar-refractivity contribution in [3.63, 3.8) is 0 Å². The van der Waals surface area contributed by atoms with Crippen LogP contribution in [0.2, 0.25) is 0 Å². The van der Waals surface area contributed by atoms with Gasteiger partial charge in [-0.2, -0.15) is 0 Å². The van der Waals surface area contributed by atoms with E-state index in [1.54, 1.807) is 0 Å². The third-order valence-electron chi connectivity index (χ3n) is 3.74. The first-order chi connectivity index (χ1) is 8.99. The number of benzene rings is 1. The molecule has 20 heavy (non-hydrogen) atoms. The van der Waals surface area contributed by atoms with Crippen LogP contribution < -0.4 is 0 Å². The summed E-state index contributed by atoms with van der Waals surface area (Å²) < 4.78 is 0. The fourth-order valence-electron chi connectivity index (χ4n) is 2.76. The lowest BCUT2D eigenvalue weighted by Gasteiger charge is -2.36. The van der Waals surface area contributed by atoms with Crippen LogP contribution in [0, 0.1) is 10.8 Å². The molecule has 0 N–H and O–H groups in total. The van der Waals surface area contributed by atoms with Crippen molar-refractivity contribution in [2.24, 2.45) is 10.8 Å². The van der Waals surface area contributed by atoms with Gasteiger partial charge in [0.15, 0.2) is 0 Å². The summed E-state index contributed by atoms with van der Waals surface area (Å²) in [5.74, 6) is 0.607. The van der Waals surface area contributed by atoms with Crippen LogP contribution in [0.5, 0.6) is 0 Å². The van der Waals surface area contributed by atoms with E-state index >= 15 is 0 Å². The molecule has 1 nitrogen and oxygen atoms in total. The van der Waals surface area contributed by atoms with Crippen LogP contribution in [0.3, 0.4) is 0 Å². The second-order valence-electron chi connectivity index (χ2n) is 8.66. The predicted molar refractivity (Wildman–Crippen MR) is 90.1 cm³/mol. The van der Waals surface area contributed by atoms with E-state index in [0.717, 1.165) is 6.54 Å². The number of hydrogen-bond donors (Lipinski definition) is 0. The summed E-state index contributed by atoms with van der Waals surface area (Å²) >= 11 is 0. The molecule has 0 aliphatic heterocycles. The third kappa shape index (κ3) is 5.66. The summed E-state index contributed by atoms with van der Waals surface area (Å²) in [6, 6.07) is 9.24. The first-order valence-corrected chi connectivity index (χ1v) is 7.72. The van der Waals surface area contributed by atoms with Gasteiger partial charge in [0.2, 0.25) is 0 Å². The molecule has 0 amide bonds. The molecule has 0 saturated heterocycles. The molecular formula is C19H33N. The Hall–Kier alpha value is -0.820. The summed E-state index contributed by atoms with van der Waals surface area (Å²) in [5.41, 5.74) is 3.54. The van der Waals surface area contributed by atoms with Gasteiger partial charge in [-0.15, -0.1) is 0 Å². The van der Waals surface area contributed by atoms with Crippen LogP contribution in [0.4, 0.5) is 0 Å². The quantitative estimate of drug-likeness (QED) is 0.719. The molecule has 0 heterocycles. The van der Waals surface area contributed by atoms with Crippen molar-refractivity contribution in [3.05, 3.63) is 35.4 Å². The molecule has 0 fully saturated rings. The van der Waals surface area contributed by atoms with Crippen molar-refractivity contribution in [2.75, 3.05) is 14.1 Å². The minimum absolute atomic E-state index is 0.302. The van der Waals surface area contributed by atoms with E-state index in [0.29, 0.717) is 16.7 Å². The molecule has 1 aromatic carbocycles. The van der Waals surface area contributed by atoms with Crippen LogP contribution in [0.1, 0.15) is 65.0 Å². The highest BCUT2D eigenvalue weighted by Crippen LogP contribution is 2.42. The largest absolute Gasteiger partial charge is 0.305 e.